The summed E-state index contributed by atoms with van der Waals surface area (Å²) in [6.45, 7) is 4.00. The van der Waals surface area contributed by atoms with Crippen LogP contribution in [0.15, 0.2) is 71.9 Å². The fraction of sp³-hybridized carbons (Fsp3) is 0.207. The molecule has 5 rings (SSSR count). The Hall–Kier alpha value is -4.02. The number of thioether (sulfide) groups is 1. The highest BCUT2D eigenvalue weighted by atomic mass is 32.2. The smallest absolute Gasteiger partial charge is 0.239 e. The van der Waals surface area contributed by atoms with Crippen LogP contribution in [0.3, 0.4) is 0 Å². The Morgan fingerprint density at radius 1 is 0.897 bits per heavy atom. The molecule has 1 N–H and O–H groups in total. The zero-order chi connectivity index (χ0) is 27.4. The Morgan fingerprint density at radius 2 is 1.54 bits per heavy atom. The predicted molar refractivity (Wildman–Crippen MR) is 157 cm³/mol. The summed E-state index contributed by atoms with van der Waals surface area (Å²) in [5.74, 6) is 1.35. The van der Waals surface area contributed by atoms with Gasteiger partial charge in [-0.3, -0.25) is 4.79 Å². The van der Waals surface area contributed by atoms with Crippen molar-refractivity contribution in [1.29, 1.82) is 0 Å². The van der Waals surface area contributed by atoms with Gasteiger partial charge in [-0.05, 0) is 79.6 Å². The van der Waals surface area contributed by atoms with Gasteiger partial charge in [0.05, 0.1) is 29.7 Å². The summed E-state index contributed by atoms with van der Waals surface area (Å²) in [5, 5.41) is 12.5. The van der Waals surface area contributed by atoms with Gasteiger partial charge in [0.2, 0.25) is 11.1 Å². The second kappa shape index (κ2) is 11.8. The molecule has 5 aromatic rings. The molecule has 1 atom stereocenters. The standard InChI is InChI=1S/C29H27N5O3S2/c1-5-23(27(35)32-28-30-22-15-6-17(2)16-24(22)39-28)38-29-31-25(18-7-11-20(36-3)12-8-18)26(33-34-29)19-9-13-21(37-4)14-10-19/h6-16,23H,5H2,1-4H3,(H,30,32,35). The molecular weight excluding hydrogens is 530 g/mol. The summed E-state index contributed by atoms with van der Waals surface area (Å²) in [7, 11) is 3.26. The zero-order valence-electron chi connectivity index (χ0n) is 22.0. The number of aromatic nitrogens is 4. The van der Waals surface area contributed by atoms with Crippen molar-refractivity contribution in [2.45, 2.75) is 30.7 Å². The Bertz CT molecular complexity index is 1600. The maximum atomic E-state index is 13.2. The third-order valence-corrected chi connectivity index (χ3v) is 8.23. The summed E-state index contributed by atoms with van der Waals surface area (Å²) in [6.07, 6.45) is 0.585. The molecule has 39 heavy (non-hydrogen) atoms. The van der Waals surface area contributed by atoms with E-state index in [1.165, 1.54) is 23.1 Å². The van der Waals surface area contributed by atoms with Gasteiger partial charge in [-0.1, -0.05) is 36.1 Å². The maximum absolute atomic E-state index is 13.2. The van der Waals surface area contributed by atoms with Crippen molar-refractivity contribution in [3.63, 3.8) is 0 Å². The second-order valence-electron chi connectivity index (χ2n) is 8.74. The van der Waals surface area contributed by atoms with Crippen molar-refractivity contribution in [2.24, 2.45) is 0 Å². The van der Waals surface area contributed by atoms with Crippen LogP contribution in [-0.4, -0.2) is 45.5 Å². The lowest BCUT2D eigenvalue weighted by atomic mass is 10.0. The van der Waals surface area contributed by atoms with Crippen LogP contribution in [-0.2, 0) is 4.79 Å². The molecule has 0 spiro atoms. The monoisotopic (exact) mass is 557 g/mol. The van der Waals surface area contributed by atoms with Crippen molar-refractivity contribution < 1.29 is 14.3 Å². The first kappa shape index (κ1) is 26.6. The lowest BCUT2D eigenvalue weighted by molar-refractivity contribution is -0.115. The third kappa shape index (κ3) is 6.02. The number of aryl methyl sites for hydroxylation is 1. The fourth-order valence-corrected chi connectivity index (χ4v) is 5.76. The van der Waals surface area contributed by atoms with Gasteiger partial charge in [0, 0.05) is 11.1 Å². The summed E-state index contributed by atoms with van der Waals surface area (Å²) >= 11 is 2.75. The number of fused-ring (bicyclic) bond motifs is 1. The van der Waals surface area contributed by atoms with Gasteiger partial charge in [0.1, 0.15) is 22.9 Å². The van der Waals surface area contributed by atoms with Gasteiger partial charge in [-0.2, -0.15) is 0 Å². The number of ether oxygens (including phenoxy) is 2. The normalized spacial score (nSPS) is 11.8. The molecule has 198 valence electrons. The topological polar surface area (TPSA) is 99.1 Å². The predicted octanol–water partition coefficient (Wildman–Crippen LogP) is 6.65. The van der Waals surface area contributed by atoms with Gasteiger partial charge in [0.15, 0.2) is 5.13 Å². The Balaban J connectivity index is 1.43. The van der Waals surface area contributed by atoms with Crippen LogP contribution in [0.1, 0.15) is 18.9 Å². The van der Waals surface area contributed by atoms with Gasteiger partial charge in [-0.25, -0.2) is 9.97 Å². The summed E-state index contributed by atoms with van der Waals surface area (Å²) in [5.41, 5.74) is 5.04. The number of hydrogen-bond donors (Lipinski definition) is 1. The quantitative estimate of drug-likeness (QED) is 0.201. The molecule has 0 saturated heterocycles. The highest BCUT2D eigenvalue weighted by Gasteiger charge is 2.23. The van der Waals surface area contributed by atoms with E-state index in [2.05, 4.69) is 26.6 Å². The fourth-order valence-electron chi connectivity index (χ4n) is 3.98. The molecule has 0 fully saturated rings. The molecule has 0 aliphatic heterocycles. The molecule has 1 amide bonds. The lowest BCUT2D eigenvalue weighted by Gasteiger charge is -2.14. The number of nitrogens with one attached hydrogen (secondary N) is 1. The summed E-state index contributed by atoms with van der Waals surface area (Å²) < 4.78 is 11.7. The van der Waals surface area contributed by atoms with Gasteiger partial charge < -0.3 is 14.8 Å². The minimum atomic E-state index is -0.420. The van der Waals surface area contributed by atoms with Gasteiger partial charge in [0.25, 0.3) is 0 Å². The van der Waals surface area contributed by atoms with Gasteiger partial charge in [-0.15, -0.1) is 10.2 Å². The molecule has 0 aliphatic rings. The molecular formula is C29H27N5O3S2. The summed E-state index contributed by atoms with van der Waals surface area (Å²) in [4.78, 5) is 22.6. The zero-order valence-corrected chi connectivity index (χ0v) is 23.6. The highest BCUT2D eigenvalue weighted by molar-refractivity contribution is 8.00. The number of anilines is 1. The number of nitrogens with zero attached hydrogens (tertiary/aromatic N) is 4. The molecule has 3 aromatic carbocycles. The number of carbonyl (C=O) groups is 1. The van der Waals surface area contributed by atoms with E-state index in [0.717, 1.165) is 38.4 Å². The number of thiazole rings is 1. The van der Waals surface area contributed by atoms with Crippen molar-refractivity contribution in [3.8, 4) is 34.0 Å². The minimum absolute atomic E-state index is 0.146. The van der Waals surface area contributed by atoms with Crippen LogP contribution in [0, 0.1) is 6.92 Å². The van der Waals surface area contributed by atoms with E-state index in [1.54, 1.807) is 14.2 Å². The number of rotatable bonds is 9. The third-order valence-electron chi connectivity index (χ3n) is 6.08. The SMILES string of the molecule is CCC(Sc1nnc(-c2ccc(OC)cc2)c(-c2ccc(OC)cc2)n1)C(=O)Nc1nc2ccc(C)cc2s1. The van der Waals surface area contributed by atoms with Crippen LogP contribution in [0.25, 0.3) is 32.7 Å². The van der Waals surface area contributed by atoms with E-state index in [-0.39, 0.29) is 5.91 Å². The molecule has 1 unspecified atom stereocenters. The first-order chi connectivity index (χ1) is 19.0. The molecule has 0 saturated carbocycles. The van der Waals surface area contributed by atoms with Crippen molar-refractivity contribution in [3.05, 3.63) is 72.3 Å². The summed E-state index contributed by atoms with van der Waals surface area (Å²) in [6, 6.07) is 21.3. The molecule has 10 heteroatoms. The number of hydrogen-bond acceptors (Lipinski definition) is 9. The number of carbonyl (C=O) groups excluding carboxylic acids is 1. The molecule has 2 aromatic heterocycles. The second-order valence-corrected chi connectivity index (χ2v) is 10.9. The van der Waals surface area contributed by atoms with Crippen LogP contribution >= 0.6 is 23.1 Å². The average Bonchev–Trinajstić information content (AvgIpc) is 3.37. The Kier molecular flexibility index (Phi) is 8.04. The van der Waals surface area contributed by atoms with Crippen LogP contribution in [0.4, 0.5) is 5.13 Å². The number of amides is 1. The molecule has 8 nitrogen and oxygen atoms in total. The van der Waals surface area contributed by atoms with Crippen LogP contribution < -0.4 is 14.8 Å². The Morgan fingerprint density at radius 3 is 2.15 bits per heavy atom. The van der Waals surface area contributed by atoms with Crippen LogP contribution in [0.5, 0.6) is 11.5 Å². The molecule has 2 heterocycles. The first-order valence-corrected chi connectivity index (χ1v) is 14.0. The highest BCUT2D eigenvalue weighted by Crippen LogP contribution is 2.34. The van der Waals surface area contributed by atoms with Crippen LogP contribution in [0.2, 0.25) is 0 Å². The maximum Gasteiger partial charge on any atom is 0.239 e. The Labute approximate surface area is 234 Å². The van der Waals surface area contributed by atoms with Crippen molar-refractivity contribution in [1.82, 2.24) is 20.2 Å². The number of methoxy groups -OCH3 is 2. The molecule has 0 aliphatic carbocycles. The van der Waals surface area contributed by atoms with E-state index < -0.39 is 5.25 Å². The average molecular weight is 558 g/mol. The molecule has 0 bridgehead atoms. The van der Waals surface area contributed by atoms with Crippen molar-refractivity contribution >= 4 is 44.4 Å². The van der Waals surface area contributed by atoms with E-state index >= 15 is 0 Å². The van der Waals surface area contributed by atoms with Gasteiger partial charge >= 0.3 is 0 Å². The number of benzene rings is 3. The van der Waals surface area contributed by atoms with E-state index in [1.807, 2.05) is 74.5 Å². The van der Waals surface area contributed by atoms with E-state index in [9.17, 15) is 4.79 Å². The minimum Gasteiger partial charge on any atom is -0.497 e. The van der Waals surface area contributed by atoms with E-state index in [0.29, 0.717) is 28.1 Å². The first-order valence-electron chi connectivity index (χ1n) is 12.4. The lowest BCUT2D eigenvalue weighted by Crippen LogP contribution is -2.24. The molecule has 0 radical (unpaired) electrons. The van der Waals surface area contributed by atoms with E-state index in [4.69, 9.17) is 14.5 Å². The van der Waals surface area contributed by atoms with Crippen molar-refractivity contribution in [2.75, 3.05) is 19.5 Å². The largest absolute Gasteiger partial charge is 0.497 e.